The molecule has 0 aromatic heterocycles. The maximum Gasteiger partial charge on any atom is 0.195 e. The number of halogens is 5. The zero-order valence-electron chi connectivity index (χ0n) is 17.4. The summed E-state index contributed by atoms with van der Waals surface area (Å²) in [5.74, 6) is 0.227. The van der Waals surface area contributed by atoms with Crippen molar-refractivity contribution in [3.05, 3.63) is 119 Å². The Morgan fingerprint density at radius 3 is 2.27 bits per heavy atom. The van der Waals surface area contributed by atoms with Crippen molar-refractivity contribution in [3.63, 3.8) is 0 Å². The first kappa shape index (κ1) is 22.3. The molecule has 4 rings (SSSR count). The van der Waals surface area contributed by atoms with Crippen molar-refractivity contribution in [2.45, 2.75) is 12.8 Å². The van der Waals surface area contributed by atoms with Gasteiger partial charge < -0.3 is 0 Å². The summed E-state index contributed by atoms with van der Waals surface area (Å²) >= 11 is 0. The lowest BCUT2D eigenvalue weighted by Crippen LogP contribution is -1.93. The standard InChI is InChI=1S/C28H17F5/c1-2-3-4-17-6-11-22(25(30)14-17)20-10-9-19(24(29)15-20)8-5-18-7-12-23-21(13-18)16-26(31)28(33)27(23)32/h2,6-7,9-16H,1,3-4H2. The van der Waals surface area contributed by atoms with E-state index >= 15 is 0 Å². The van der Waals surface area contributed by atoms with Gasteiger partial charge in [0.15, 0.2) is 17.5 Å². The third-order valence-electron chi connectivity index (χ3n) is 5.26. The molecule has 0 nitrogen and oxygen atoms in total. The van der Waals surface area contributed by atoms with Gasteiger partial charge in [-0.25, -0.2) is 22.0 Å². The van der Waals surface area contributed by atoms with Crippen LogP contribution in [0.1, 0.15) is 23.1 Å². The fraction of sp³-hybridized carbons (Fsp3) is 0.0714. The summed E-state index contributed by atoms with van der Waals surface area (Å²) in [5.41, 5.74) is 1.94. The van der Waals surface area contributed by atoms with Crippen LogP contribution in [0.2, 0.25) is 0 Å². The lowest BCUT2D eigenvalue weighted by molar-refractivity contribution is 0.453. The molecule has 0 N–H and O–H groups in total. The predicted octanol–water partition coefficient (Wildman–Crippen LogP) is 7.72. The van der Waals surface area contributed by atoms with Gasteiger partial charge >= 0.3 is 0 Å². The quantitative estimate of drug-likeness (QED) is 0.130. The normalized spacial score (nSPS) is 10.7. The number of hydrogen-bond donors (Lipinski definition) is 0. The number of hydrogen-bond acceptors (Lipinski definition) is 0. The second-order valence-electron chi connectivity index (χ2n) is 7.51. The molecule has 0 saturated heterocycles. The van der Waals surface area contributed by atoms with Gasteiger partial charge in [0.05, 0.1) is 5.56 Å². The summed E-state index contributed by atoms with van der Waals surface area (Å²) in [6.45, 7) is 3.65. The van der Waals surface area contributed by atoms with Gasteiger partial charge in [0, 0.05) is 16.5 Å². The van der Waals surface area contributed by atoms with Crippen LogP contribution in [-0.2, 0) is 6.42 Å². The Labute approximate surface area is 188 Å². The van der Waals surface area contributed by atoms with E-state index in [2.05, 4.69) is 18.4 Å². The van der Waals surface area contributed by atoms with E-state index in [0.717, 1.165) is 18.1 Å². The van der Waals surface area contributed by atoms with Gasteiger partial charge in [-0.3, -0.25) is 0 Å². The predicted molar refractivity (Wildman–Crippen MR) is 120 cm³/mol. The Hall–Kier alpha value is -3.91. The van der Waals surface area contributed by atoms with Gasteiger partial charge in [0.25, 0.3) is 0 Å². The van der Waals surface area contributed by atoms with E-state index in [0.29, 0.717) is 17.5 Å². The number of aryl methyl sites for hydroxylation is 1. The minimum Gasteiger partial charge on any atom is -0.206 e. The van der Waals surface area contributed by atoms with E-state index in [-0.39, 0.29) is 21.9 Å². The van der Waals surface area contributed by atoms with Gasteiger partial charge in [-0.15, -0.1) is 6.58 Å². The molecule has 164 valence electrons. The minimum atomic E-state index is -1.54. The molecule has 4 aromatic rings. The maximum atomic E-state index is 14.6. The van der Waals surface area contributed by atoms with Gasteiger partial charge in [0.2, 0.25) is 0 Å². The summed E-state index contributed by atoms with van der Waals surface area (Å²) in [4.78, 5) is 0. The zero-order chi connectivity index (χ0) is 23.5. The molecule has 0 radical (unpaired) electrons. The first-order valence-electron chi connectivity index (χ1n) is 10.2. The lowest BCUT2D eigenvalue weighted by Gasteiger charge is -2.07. The zero-order valence-corrected chi connectivity index (χ0v) is 17.4. The molecule has 0 amide bonds. The van der Waals surface area contributed by atoms with E-state index in [1.54, 1.807) is 24.3 Å². The van der Waals surface area contributed by atoms with Gasteiger partial charge in [-0.2, -0.15) is 0 Å². The third kappa shape index (κ3) is 4.65. The van der Waals surface area contributed by atoms with E-state index < -0.39 is 29.1 Å². The van der Waals surface area contributed by atoms with Crippen LogP contribution in [0.15, 0.2) is 73.3 Å². The Morgan fingerprint density at radius 2 is 1.55 bits per heavy atom. The molecule has 0 saturated carbocycles. The topological polar surface area (TPSA) is 0 Å². The molecule has 0 heterocycles. The number of benzene rings is 4. The number of allylic oxidation sites excluding steroid dienone is 1. The summed E-state index contributed by atoms with van der Waals surface area (Å²) in [6.07, 6.45) is 3.17. The molecule has 0 aliphatic heterocycles. The first-order chi connectivity index (χ1) is 15.9. The van der Waals surface area contributed by atoms with E-state index in [4.69, 9.17) is 0 Å². The molecule has 0 spiro atoms. The molecule has 0 aliphatic carbocycles. The van der Waals surface area contributed by atoms with Gasteiger partial charge in [0.1, 0.15) is 11.6 Å². The molecule has 5 heteroatoms. The average molecular weight is 448 g/mol. The van der Waals surface area contributed by atoms with Crippen LogP contribution in [-0.4, -0.2) is 0 Å². The second kappa shape index (κ2) is 9.30. The lowest BCUT2D eigenvalue weighted by atomic mass is 10.00. The van der Waals surface area contributed by atoms with E-state index in [1.165, 1.54) is 36.4 Å². The summed E-state index contributed by atoms with van der Waals surface area (Å²) in [7, 11) is 0. The van der Waals surface area contributed by atoms with Crippen LogP contribution in [0, 0.1) is 40.9 Å². The molecule has 4 aromatic carbocycles. The Balaban J connectivity index is 1.61. The van der Waals surface area contributed by atoms with Gasteiger partial charge in [-0.1, -0.05) is 42.2 Å². The third-order valence-corrected chi connectivity index (χ3v) is 5.26. The van der Waals surface area contributed by atoms with Crippen molar-refractivity contribution >= 4 is 10.8 Å². The van der Waals surface area contributed by atoms with Gasteiger partial charge in [-0.05, 0) is 65.8 Å². The van der Waals surface area contributed by atoms with Crippen molar-refractivity contribution in [1.82, 2.24) is 0 Å². The van der Waals surface area contributed by atoms with Crippen molar-refractivity contribution < 1.29 is 22.0 Å². The average Bonchev–Trinajstić information content (AvgIpc) is 2.80. The maximum absolute atomic E-state index is 14.6. The van der Waals surface area contributed by atoms with E-state index in [1.807, 2.05) is 0 Å². The van der Waals surface area contributed by atoms with Crippen molar-refractivity contribution in [2.24, 2.45) is 0 Å². The molecule has 0 unspecified atom stereocenters. The largest absolute Gasteiger partial charge is 0.206 e. The molecule has 0 fully saturated rings. The second-order valence-corrected chi connectivity index (χ2v) is 7.51. The Bertz CT molecular complexity index is 1440. The molecule has 33 heavy (non-hydrogen) atoms. The molecule has 0 bridgehead atoms. The monoisotopic (exact) mass is 448 g/mol. The SMILES string of the molecule is C=CCCc1ccc(-c2ccc(C#Cc3ccc4c(F)c(F)c(F)cc4c3)c(F)c2)c(F)c1. The minimum absolute atomic E-state index is 0.0764. The fourth-order valence-electron chi connectivity index (χ4n) is 3.52. The molecular formula is C28H17F5. The van der Waals surface area contributed by atoms with Crippen molar-refractivity contribution in [2.75, 3.05) is 0 Å². The number of fused-ring (bicyclic) bond motifs is 1. The summed E-state index contributed by atoms with van der Waals surface area (Å²) in [6, 6.07) is 14.1. The molecular weight excluding hydrogens is 431 g/mol. The Morgan fingerprint density at radius 1 is 0.727 bits per heavy atom. The van der Waals surface area contributed by atoms with Crippen LogP contribution >= 0.6 is 0 Å². The molecule has 0 atom stereocenters. The van der Waals surface area contributed by atoms with Crippen LogP contribution in [0.4, 0.5) is 22.0 Å². The van der Waals surface area contributed by atoms with E-state index in [9.17, 15) is 22.0 Å². The van der Waals surface area contributed by atoms with Crippen LogP contribution < -0.4 is 0 Å². The van der Waals surface area contributed by atoms with Crippen LogP contribution in [0.25, 0.3) is 21.9 Å². The highest BCUT2D eigenvalue weighted by atomic mass is 19.2. The van der Waals surface area contributed by atoms with Crippen molar-refractivity contribution in [1.29, 1.82) is 0 Å². The highest BCUT2D eigenvalue weighted by Crippen LogP contribution is 2.27. The number of rotatable bonds is 4. The van der Waals surface area contributed by atoms with Crippen molar-refractivity contribution in [3.8, 4) is 23.0 Å². The summed E-state index contributed by atoms with van der Waals surface area (Å²) < 4.78 is 69.9. The van der Waals surface area contributed by atoms with Crippen LogP contribution in [0.3, 0.4) is 0 Å². The highest BCUT2D eigenvalue weighted by Gasteiger charge is 2.13. The van der Waals surface area contributed by atoms with Crippen LogP contribution in [0.5, 0.6) is 0 Å². The highest BCUT2D eigenvalue weighted by molar-refractivity contribution is 5.84. The first-order valence-corrected chi connectivity index (χ1v) is 10.2. The fourth-order valence-corrected chi connectivity index (χ4v) is 3.52. The smallest absolute Gasteiger partial charge is 0.195 e. The molecule has 0 aliphatic rings. The Kier molecular flexibility index (Phi) is 6.28. The summed E-state index contributed by atoms with van der Waals surface area (Å²) in [5, 5.41) is 0.0635.